The topological polar surface area (TPSA) is 66.4 Å². The van der Waals surface area contributed by atoms with Crippen molar-refractivity contribution in [2.24, 2.45) is 0 Å². The van der Waals surface area contributed by atoms with Crippen molar-refractivity contribution >= 4 is 28.9 Å². The molecule has 2 aromatic rings. The summed E-state index contributed by atoms with van der Waals surface area (Å²) < 4.78 is 0. The van der Waals surface area contributed by atoms with Gasteiger partial charge in [-0.05, 0) is 23.6 Å². The predicted octanol–water partition coefficient (Wildman–Crippen LogP) is 3.07. The van der Waals surface area contributed by atoms with Crippen LogP contribution in [0.3, 0.4) is 0 Å². The molecule has 0 saturated carbocycles. The maximum Gasteiger partial charge on any atom is 0.336 e. The second kappa shape index (κ2) is 5.01. The fourth-order valence-corrected chi connectivity index (χ4v) is 2.51. The maximum absolute atomic E-state index is 11.2. The number of amides is 1. The average molecular weight is 261 g/mol. The Bertz CT molecular complexity index is 590. The molecule has 2 N–H and O–H groups in total. The molecule has 0 atom stereocenters. The van der Waals surface area contributed by atoms with E-state index >= 15 is 0 Å². The molecule has 1 heterocycles. The number of rotatable bonds is 3. The predicted molar refractivity (Wildman–Crippen MR) is 71.0 cm³/mol. The average Bonchev–Trinajstić information content (AvgIpc) is 2.81. The zero-order valence-electron chi connectivity index (χ0n) is 9.64. The summed E-state index contributed by atoms with van der Waals surface area (Å²) >= 11 is 1.43. The van der Waals surface area contributed by atoms with E-state index in [0.717, 1.165) is 4.88 Å². The third-order valence-corrected chi connectivity index (χ3v) is 3.26. The van der Waals surface area contributed by atoms with E-state index in [2.05, 4.69) is 5.32 Å². The quantitative estimate of drug-likeness (QED) is 0.892. The molecule has 0 unspecified atom stereocenters. The van der Waals surface area contributed by atoms with Crippen LogP contribution < -0.4 is 5.32 Å². The second-order valence-electron chi connectivity index (χ2n) is 3.69. The molecule has 0 aliphatic heterocycles. The molecule has 4 nitrogen and oxygen atoms in total. The van der Waals surface area contributed by atoms with Gasteiger partial charge in [-0.2, -0.15) is 0 Å². The van der Waals surface area contributed by atoms with E-state index in [0.29, 0.717) is 11.3 Å². The molecule has 1 aromatic heterocycles. The largest absolute Gasteiger partial charge is 0.478 e. The van der Waals surface area contributed by atoms with E-state index in [1.807, 2.05) is 17.5 Å². The van der Waals surface area contributed by atoms with Crippen molar-refractivity contribution in [3.63, 3.8) is 0 Å². The van der Waals surface area contributed by atoms with Crippen LogP contribution in [0, 0.1) is 0 Å². The Morgan fingerprint density at radius 2 is 2.00 bits per heavy atom. The Hall–Kier alpha value is -2.14. The molecule has 0 bridgehead atoms. The number of carboxylic acid groups (broad SMARTS) is 1. The number of carboxylic acids is 1. The van der Waals surface area contributed by atoms with E-state index in [1.54, 1.807) is 12.1 Å². The molecule has 0 fully saturated rings. The molecule has 0 radical (unpaired) electrons. The molecular formula is C13H11NO3S. The number of carbonyl (C=O) groups excluding carboxylic acids is 1. The first kappa shape index (κ1) is 12.3. The van der Waals surface area contributed by atoms with Crippen molar-refractivity contribution in [2.45, 2.75) is 6.92 Å². The summed E-state index contributed by atoms with van der Waals surface area (Å²) in [5.74, 6) is -1.24. The van der Waals surface area contributed by atoms with Gasteiger partial charge in [-0.25, -0.2) is 4.79 Å². The second-order valence-corrected chi connectivity index (χ2v) is 4.64. The van der Waals surface area contributed by atoms with E-state index in [9.17, 15) is 14.7 Å². The highest BCUT2D eigenvalue weighted by molar-refractivity contribution is 7.13. The van der Waals surface area contributed by atoms with Crippen molar-refractivity contribution in [2.75, 3.05) is 5.32 Å². The summed E-state index contributed by atoms with van der Waals surface area (Å²) in [6, 6.07) is 8.52. The van der Waals surface area contributed by atoms with Crippen molar-refractivity contribution in [1.29, 1.82) is 0 Å². The number of hydrogen-bond donors (Lipinski definition) is 2. The standard InChI is InChI=1S/C13H11NO3S/c1-8(15)14-10-5-2-4-9(13(16)17)12(10)11-6-3-7-18-11/h2-7H,1H3,(H,14,15)(H,16,17). The third-order valence-electron chi connectivity index (χ3n) is 2.37. The fourth-order valence-electron chi connectivity index (χ4n) is 1.71. The Morgan fingerprint density at radius 1 is 1.22 bits per heavy atom. The van der Waals surface area contributed by atoms with Crippen molar-refractivity contribution in [3.8, 4) is 10.4 Å². The number of carbonyl (C=O) groups is 2. The van der Waals surface area contributed by atoms with E-state index in [-0.39, 0.29) is 11.5 Å². The lowest BCUT2D eigenvalue weighted by Gasteiger charge is -2.11. The molecule has 0 spiro atoms. The highest BCUT2D eigenvalue weighted by atomic mass is 32.1. The van der Waals surface area contributed by atoms with E-state index in [1.165, 1.54) is 24.3 Å². The lowest BCUT2D eigenvalue weighted by molar-refractivity contribution is -0.114. The van der Waals surface area contributed by atoms with Gasteiger partial charge in [-0.1, -0.05) is 12.1 Å². The van der Waals surface area contributed by atoms with Gasteiger partial charge in [0.15, 0.2) is 0 Å². The Kier molecular flexibility index (Phi) is 3.43. The molecule has 2 rings (SSSR count). The highest BCUT2D eigenvalue weighted by Gasteiger charge is 2.16. The van der Waals surface area contributed by atoms with Crippen molar-refractivity contribution in [3.05, 3.63) is 41.3 Å². The molecule has 92 valence electrons. The van der Waals surface area contributed by atoms with Gasteiger partial charge in [-0.15, -0.1) is 11.3 Å². The number of thiophene rings is 1. The minimum atomic E-state index is -1.01. The van der Waals surface area contributed by atoms with Crippen molar-refractivity contribution in [1.82, 2.24) is 0 Å². The first-order valence-corrected chi connectivity index (χ1v) is 6.15. The Morgan fingerprint density at radius 3 is 2.56 bits per heavy atom. The van der Waals surface area contributed by atoms with Crippen LogP contribution in [0.1, 0.15) is 17.3 Å². The maximum atomic E-state index is 11.2. The number of benzene rings is 1. The third kappa shape index (κ3) is 2.41. The molecule has 0 saturated heterocycles. The lowest BCUT2D eigenvalue weighted by atomic mass is 10.0. The number of hydrogen-bond acceptors (Lipinski definition) is 3. The summed E-state index contributed by atoms with van der Waals surface area (Å²) in [4.78, 5) is 23.2. The van der Waals surface area contributed by atoms with Crippen LogP contribution in [-0.2, 0) is 4.79 Å². The van der Waals surface area contributed by atoms with E-state index < -0.39 is 5.97 Å². The number of anilines is 1. The monoisotopic (exact) mass is 261 g/mol. The Labute approximate surface area is 108 Å². The zero-order valence-corrected chi connectivity index (χ0v) is 10.5. The van der Waals surface area contributed by atoms with Gasteiger partial charge in [0, 0.05) is 17.4 Å². The first-order chi connectivity index (χ1) is 8.59. The first-order valence-electron chi connectivity index (χ1n) is 5.27. The van der Waals surface area contributed by atoms with E-state index in [4.69, 9.17) is 0 Å². The molecule has 18 heavy (non-hydrogen) atoms. The molecule has 0 aliphatic rings. The minimum absolute atomic E-state index is 0.184. The van der Waals surface area contributed by atoms with Crippen LogP contribution >= 0.6 is 11.3 Å². The highest BCUT2D eigenvalue weighted by Crippen LogP contribution is 2.34. The van der Waals surface area contributed by atoms with Gasteiger partial charge in [0.25, 0.3) is 0 Å². The normalized spacial score (nSPS) is 10.1. The SMILES string of the molecule is CC(=O)Nc1cccc(C(=O)O)c1-c1cccs1. The van der Waals surface area contributed by atoms with Crippen LogP contribution in [0.5, 0.6) is 0 Å². The van der Waals surface area contributed by atoms with Gasteiger partial charge >= 0.3 is 5.97 Å². The van der Waals surface area contributed by atoms with Gasteiger partial charge in [0.2, 0.25) is 5.91 Å². The van der Waals surface area contributed by atoms with Crippen LogP contribution in [0.25, 0.3) is 10.4 Å². The molecule has 1 aromatic carbocycles. The summed E-state index contributed by atoms with van der Waals surface area (Å²) in [5.41, 5.74) is 1.25. The van der Waals surface area contributed by atoms with Gasteiger partial charge < -0.3 is 10.4 Å². The summed E-state index contributed by atoms with van der Waals surface area (Å²) in [6.45, 7) is 1.39. The molecule has 0 aliphatic carbocycles. The molecular weight excluding hydrogens is 250 g/mol. The number of aromatic carboxylic acids is 1. The summed E-state index contributed by atoms with van der Waals surface area (Å²) in [5, 5.41) is 13.7. The number of nitrogens with one attached hydrogen (secondary N) is 1. The van der Waals surface area contributed by atoms with Crippen LogP contribution in [0.15, 0.2) is 35.7 Å². The smallest absolute Gasteiger partial charge is 0.336 e. The molecule has 5 heteroatoms. The van der Waals surface area contributed by atoms with Crippen molar-refractivity contribution < 1.29 is 14.7 Å². The Balaban J connectivity index is 2.63. The fraction of sp³-hybridized carbons (Fsp3) is 0.0769. The summed E-state index contributed by atoms with van der Waals surface area (Å²) in [7, 11) is 0. The molecule has 1 amide bonds. The summed E-state index contributed by atoms with van der Waals surface area (Å²) in [6.07, 6.45) is 0. The minimum Gasteiger partial charge on any atom is -0.478 e. The van der Waals surface area contributed by atoms with Crippen LogP contribution in [0.4, 0.5) is 5.69 Å². The van der Waals surface area contributed by atoms with Crippen LogP contribution in [0.2, 0.25) is 0 Å². The van der Waals surface area contributed by atoms with Gasteiger partial charge in [0.05, 0.1) is 11.3 Å². The lowest BCUT2D eigenvalue weighted by Crippen LogP contribution is -2.09. The zero-order chi connectivity index (χ0) is 13.1. The van der Waals surface area contributed by atoms with Crippen LogP contribution in [-0.4, -0.2) is 17.0 Å². The van der Waals surface area contributed by atoms with Gasteiger partial charge in [0.1, 0.15) is 0 Å². The van der Waals surface area contributed by atoms with Gasteiger partial charge in [-0.3, -0.25) is 4.79 Å².